The zero-order valence-corrected chi connectivity index (χ0v) is 15.1. The summed E-state index contributed by atoms with van der Waals surface area (Å²) in [6, 6.07) is 0.605. The van der Waals surface area contributed by atoms with Crippen LogP contribution < -0.4 is 10.2 Å². The van der Waals surface area contributed by atoms with Gasteiger partial charge in [-0.05, 0) is 44.4 Å². The van der Waals surface area contributed by atoms with Gasteiger partial charge in [-0.3, -0.25) is 0 Å². The van der Waals surface area contributed by atoms with Crippen molar-refractivity contribution in [2.24, 2.45) is 5.41 Å². The van der Waals surface area contributed by atoms with Gasteiger partial charge < -0.3 is 15.3 Å². The van der Waals surface area contributed by atoms with E-state index in [0.29, 0.717) is 12.6 Å². The first kappa shape index (κ1) is 17.7. The van der Waals surface area contributed by atoms with Gasteiger partial charge >= 0.3 is 0 Å². The predicted molar refractivity (Wildman–Crippen MR) is 94.8 cm³/mol. The molecule has 0 aliphatic carbocycles. The van der Waals surface area contributed by atoms with E-state index in [2.05, 4.69) is 41.4 Å². The molecule has 2 heterocycles. The zero-order chi connectivity index (χ0) is 16.0. The van der Waals surface area contributed by atoms with E-state index in [4.69, 9.17) is 0 Å². The molecule has 0 saturated carbocycles. The zero-order valence-electron chi connectivity index (χ0n) is 14.3. The molecule has 0 bridgehead atoms. The quantitative estimate of drug-likeness (QED) is 0.770. The van der Waals surface area contributed by atoms with Crippen LogP contribution in [0.1, 0.15) is 51.6 Å². The Morgan fingerprint density at radius 3 is 2.55 bits per heavy atom. The van der Waals surface area contributed by atoms with E-state index in [1.54, 1.807) is 11.3 Å². The maximum absolute atomic E-state index is 9.32. The smallest absolute Gasteiger partial charge is 0.185 e. The lowest BCUT2D eigenvalue weighted by molar-refractivity contribution is 0.157. The second kappa shape index (κ2) is 8.27. The van der Waals surface area contributed by atoms with Gasteiger partial charge in [0.15, 0.2) is 5.13 Å². The maximum Gasteiger partial charge on any atom is 0.185 e. The van der Waals surface area contributed by atoms with Gasteiger partial charge in [-0.1, -0.05) is 13.8 Å². The van der Waals surface area contributed by atoms with Crippen molar-refractivity contribution in [1.29, 1.82) is 0 Å². The summed E-state index contributed by atoms with van der Waals surface area (Å²) in [4.78, 5) is 7.00. The number of nitrogens with one attached hydrogen (secondary N) is 1. The number of rotatable bonds is 8. The number of aromatic nitrogens is 1. The Morgan fingerprint density at radius 1 is 1.36 bits per heavy atom. The van der Waals surface area contributed by atoms with Gasteiger partial charge in [0, 0.05) is 37.7 Å². The number of aliphatic hydroxyl groups is 1. The van der Waals surface area contributed by atoms with Crippen molar-refractivity contribution in [2.45, 2.75) is 58.9 Å². The lowest BCUT2D eigenvalue weighted by Gasteiger charge is -2.37. The number of thiazole rings is 1. The largest absolute Gasteiger partial charge is 0.396 e. The molecule has 1 aromatic rings. The first-order valence-electron chi connectivity index (χ1n) is 8.64. The number of hydrogen-bond acceptors (Lipinski definition) is 5. The molecule has 2 rings (SSSR count). The fourth-order valence-electron chi connectivity index (χ4n) is 3.30. The van der Waals surface area contributed by atoms with E-state index >= 15 is 0 Å². The van der Waals surface area contributed by atoms with E-state index in [-0.39, 0.29) is 5.41 Å². The number of hydrogen-bond donors (Lipinski definition) is 2. The summed E-state index contributed by atoms with van der Waals surface area (Å²) >= 11 is 1.76. The van der Waals surface area contributed by atoms with Crippen molar-refractivity contribution >= 4 is 16.5 Å². The molecule has 0 radical (unpaired) electrons. The Balaban J connectivity index is 1.79. The minimum atomic E-state index is 0.262. The van der Waals surface area contributed by atoms with E-state index in [9.17, 15) is 5.11 Å². The van der Waals surface area contributed by atoms with Gasteiger partial charge in [0.25, 0.3) is 0 Å². The molecule has 0 atom stereocenters. The van der Waals surface area contributed by atoms with Crippen LogP contribution in [0.2, 0.25) is 0 Å². The molecular weight excluding hydrogens is 294 g/mol. The molecule has 0 spiro atoms. The highest BCUT2D eigenvalue weighted by atomic mass is 32.1. The Bertz CT molecular complexity index is 437. The summed E-state index contributed by atoms with van der Waals surface area (Å²) in [5, 5.41) is 16.4. The van der Waals surface area contributed by atoms with Crippen molar-refractivity contribution in [1.82, 2.24) is 10.3 Å². The molecule has 0 aromatic carbocycles. The SMILES string of the molecule is CCC(CC)(CCO)CNC1CCN(c2nc(C)cs2)CC1. The van der Waals surface area contributed by atoms with Crippen LogP contribution in [0.5, 0.6) is 0 Å². The summed E-state index contributed by atoms with van der Waals surface area (Å²) in [6.45, 7) is 10.1. The van der Waals surface area contributed by atoms with Crippen molar-refractivity contribution in [3.63, 3.8) is 0 Å². The molecule has 4 nitrogen and oxygen atoms in total. The third-order valence-corrected chi connectivity index (χ3v) is 6.30. The van der Waals surface area contributed by atoms with Crippen LogP contribution in [0.25, 0.3) is 0 Å². The summed E-state index contributed by atoms with van der Waals surface area (Å²) in [7, 11) is 0. The van der Waals surface area contributed by atoms with Crippen molar-refractivity contribution < 1.29 is 5.11 Å². The second-order valence-corrected chi connectivity index (χ2v) is 7.43. The molecule has 0 unspecified atom stereocenters. The summed E-state index contributed by atoms with van der Waals surface area (Å²) in [5.74, 6) is 0. The van der Waals surface area contributed by atoms with Crippen molar-refractivity contribution in [3.05, 3.63) is 11.1 Å². The molecule has 5 heteroatoms. The molecule has 22 heavy (non-hydrogen) atoms. The lowest BCUT2D eigenvalue weighted by atomic mass is 9.79. The fourth-order valence-corrected chi connectivity index (χ4v) is 4.16. The third-order valence-electron chi connectivity index (χ3n) is 5.28. The molecule has 2 N–H and O–H groups in total. The molecule has 0 amide bonds. The number of aliphatic hydroxyl groups excluding tert-OH is 1. The summed E-state index contributed by atoms with van der Waals surface area (Å²) in [5.41, 5.74) is 1.39. The first-order valence-corrected chi connectivity index (χ1v) is 9.51. The minimum Gasteiger partial charge on any atom is -0.396 e. The summed E-state index contributed by atoms with van der Waals surface area (Å²) in [6.07, 6.45) is 5.54. The third kappa shape index (κ3) is 4.43. The van der Waals surface area contributed by atoms with Gasteiger partial charge in [-0.15, -0.1) is 11.3 Å². The number of anilines is 1. The Morgan fingerprint density at radius 2 is 2.05 bits per heavy atom. The van der Waals surface area contributed by atoms with Gasteiger partial charge in [-0.2, -0.15) is 0 Å². The first-order chi connectivity index (χ1) is 10.6. The Hall–Kier alpha value is -0.650. The molecule has 126 valence electrons. The minimum absolute atomic E-state index is 0.262. The maximum atomic E-state index is 9.32. The van der Waals surface area contributed by atoms with Crippen LogP contribution in [0, 0.1) is 12.3 Å². The molecular formula is C17H31N3OS. The van der Waals surface area contributed by atoms with Gasteiger partial charge in [0.05, 0.1) is 5.69 Å². The average Bonchev–Trinajstić information content (AvgIpc) is 2.99. The van der Waals surface area contributed by atoms with Crippen molar-refractivity contribution in [2.75, 3.05) is 31.1 Å². The predicted octanol–water partition coefficient (Wildman–Crippen LogP) is 3.20. The van der Waals surface area contributed by atoms with Crippen LogP contribution in [0.15, 0.2) is 5.38 Å². The Labute approximate surface area is 138 Å². The van der Waals surface area contributed by atoms with Crippen molar-refractivity contribution in [3.8, 4) is 0 Å². The molecule has 1 aliphatic rings. The molecule has 1 saturated heterocycles. The van der Waals surface area contributed by atoms with Gasteiger partial charge in [-0.25, -0.2) is 4.98 Å². The monoisotopic (exact) mass is 325 g/mol. The van der Waals surface area contributed by atoms with E-state index in [1.165, 1.54) is 18.0 Å². The van der Waals surface area contributed by atoms with Gasteiger partial charge in [0.2, 0.25) is 0 Å². The van der Waals surface area contributed by atoms with Crippen LogP contribution in [0.4, 0.5) is 5.13 Å². The van der Waals surface area contributed by atoms with E-state index in [1.807, 2.05) is 0 Å². The van der Waals surface area contributed by atoms with Crippen LogP contribution in [-0.4, -0.2) is 42.4 Å². The van der Waals surface area contributed by atoms with Crippen LogP contribution in [-0.2, 0) is 0 Å². The van der Waals surface area contributed by atoms with E-state index < -0.39 is 0 Å². The summed E-state index contributed by atoms with van der Waals surface area (Å²) < 4.78 is 0. The topological polar surface area (TPSA) is 48.4 Å². The highest BCUT2D eigenvalue weighted by Crippen LogP contribution is 2.30. The Kier molecular flexibility index (Phi) is 6.66. The molecule has 1 fully saturated rings. The van der Waals surface area contributed by atoms with Crippen LogP contribution in [0.3, 0.4) is 0 Å². The average molecular weight is 326 g/mol. The molecule has 1 aliphatic heterocycles. The number of piperidine rings is 1. The van der Waals surface area contributed by atoms with Crippen LogP contribution >= 0.6 is 11.3 Å². The van der Waals surface area contributed by atoms with E-state index in [0.717, 1.165) is 44.6 Å². The lowest BCUT2D eigenvalue weighted by Crippen LogP contribution is -2.46. The highest BCUT2D eigenvalue weighted by molar-refractivity contribution is 7.13. The molecule has 1 aromatic heterocycles. The normalized spacial score (nSPS) is 17.2. The number of aryl methyl sites for hydroxylation is 1. The van der Waals surface area contributed by atoms with Gasteiger partial charge in [0.1, 0.15) is 0 Å². The highest BCUT2D eigenvalue weighted by Gasteiger charge is 2.28. The fraction of sp³-hybridized carbons (Fsp3) is 0.824. The number of nitrogens with zero attached hydrogens (tertiary/aromatic N) is 2. The standard InChI is InChI=1S/C17H31N3OS/c1-4-17(5-2,8-11-21)13-18-15-6-9-20(10-7-15)16-19-14(3)12-22-16/h12,15,18,21H,4-11,13H2,1-3H3. The second-order valence-electron chi connectivity index (χ2n) is 6.59.